The fraction of sp³-hybridized carbons (Fsp3) is 0.0455. The SMILES string of the molecule is O=c1c(OCc2ccc([N+](=O)[O-])cc2)c(-c2ccccc2)oc2ccccc12. The average Bonchev–Trinajstić information content (AvgIpc) is 2.74. The van der Waals surface area contributed by atoms with Crippen LogP contribution >= 0.6 is 0 Å². The lowest BCUT2D eigenvalue weighted by Gasteiger charge is -2.11. The van der Waals surface area contributed by atoms with E-state index in [-0.39, 0.29) is 23.5 Å². The van der Waals surface area contributed by atoms with E-state index in [9.17, 15) is 14.9 Å². The van der Waals surface area contributed by atoms with Crippen LogP contribution in [0.1, 0.15) is 5.56 Å². The summed E-state index contributed by atoms with van der Waals surface area (Å²) in [4.78, 5) is 23.3. The first kappa shape index (κ1) is 17.5. The third-order valence-electron chi connectivity index (χ3n) is 4.32. The Kier molecular flexibility index (Phi) is 4.60. The van der Waals surface area contributed by atoms with Crippen LogP contribution in [0.2, 0.25) is 0 Å². The molecule has 0 atom stereocenters. The van der Waals surface area contributed by atoms with Crippen molar-refractivity contribution in [2.24, 2.45) is 0 Å². The number of nitrogens with zero attached hydrogens (tertiary/aromatic N) is 1. The van der Waals surface area contributed by atoms with Gasteiger partial charge in [-0.2, -0.15) is 0 Å². The fourth-order valence-electron chi connectivity index (χ4n) is 2.90. The molecule has 3 aromatic carbocycles. The summed E-state index contributed by atoms with van der Waals surface area (Å²) in [6.07, 6.45) is 0. The monoisotopic (exact) mass is 373 g/mol. The molecule has 4 aromatic rings. The highest BCUT2D eigenvalue weighted by atomic mass is 16.6. The molecular weight excluding hydrogens is 358 g/mol. The number of benzene rings is 3. The van der Waals surface area contributed by atoms with Crippen molar-refractivity contribution in [3.05, 3.63) is 105 Å². The van der Waals surface area contributed by atoms with Gasteiger partial charge in [0.25, 0.3) is 5.69 Å². The van der Waals surface area contributed by atoms with Crippen molar-refractivity contribution >= 4 is 16.7 Å². The second-order valence-electron chi connectivity index (χ2n) is 6.16. The number of nitro groups is 1. The van der Waals surface area contributed by atoms with Gasteiger partial charge in [0.05, 0.1) is 10.3 Å². The summed E-state index contributed by atoms with van der Waals surface area (Å²) < 4.78 is 11.8. The largest absolute Gasteiger partial charge is 0.481 e. The Morgan fingerprint density at radius 2 is 1.57 bits per heavy atom. The summed E-state index contributed by atoms with van der Waals surface area (Å²) >= 11 is 0. The lowest BCUT2D eigenvalue weighted by atomic mass is 10.1. The van der Waals surface area contributed by atoms with Gasteiger partial charge in [0.2, 0.25) is 11.2 Å². The summed E-state index contributed by atoms with van der Waals surface area (Å²) in [6.45, 7) is 0.0843. The van der Waals surface area contributed by atoms with Crippen LogP contribution in [0.5, 0.6) is 5.75 Å². The zero-order valence-corrected chi connectivity index (χ0v) is 14.7. The molecule has 0 spiro atoms. The quantitative estimate of drug-likeness (QED) is 0.365. The number of hydrogen-bond acceptors (Lipinski definition) is 5. The summed E-state index contributed by atoms with van der Waals surface area (Å²) in [5.74, 6) is 0.467. The number of rotatable bonds is 5. The molecule has 0 aliphatic heterocycles. The van der Waals surface area contributed by atoms with E-state index in [4.69, 9.17) is 9.15 Å². The van der Waals surface area contributed by atoms with Gasteiger partial charge in [0.15, 0.2) is 5.76 Å². The number of nitro benzene ring substituents is 1. The van der Waals surface area contributed by atoms with Crippen LogP contribution in [-0.4, -0.2) is 4.92 Å². The maximum Gasteiger partial charge on any atom is 0.269 e. The first-order chi connectivity index (χ1) is 13.6. The second-order valence-corrected chi connectivity index (χ2v) is 6.16. The Balaban J connectivity index is 1.75. The zero-order chi connectivity index (χ0) is 19.5. The Bertz CT molecular complexity index is 1200. The molecule has 6 nitrogen and oxygen atoms in total. The standard InChI is InChI=1S/C22H15NO5/c24-20-18-8-4-5-9-19(18)28-21(16-6-2-1-3-7-16)22(20)27-14-15-10-12-17(13-11-15)23(25)26/h1-13H,14H2. The molecule has 0 radical (unpaired) electrons. The second kappa shape index (κ2) is 7.36. The molecular formula is C22H15NO5. The molecule has 138 valence electrons. The van der Waals surface area contributed by atoms with Gasteiger partial charge in [-0.15, -0.1) is 0 Å². The van der Waals surface area contributed by atoms with Crippen molar-refractivity contribution in [1.82, 2.24) is 0 Å². The molecule has 28 heavy (non-hydrogen) atoms. The van der Waals surface area contributed by atoms with Gasteiger partial charge in [-0.1, -0.05) is 42.5 Å². The van der Waals surface area contributed by atoms with E-state index < -0.39 is 4.92 Å². The lowest BCUT2D eigenvalue weighted by Crippen LogP contribution is -2.10. The number of non-ortho nitro benzene ring substituents is 1. The minimum atomic E-state index is -0.462. The summed E-state index contributed by atoms with van der Waals surface area (Å²) in [5, 5.41) is 11.2. The molecule has 0 unspecified atom stereocenters. The van der Waals surface area contributed by atoms with Crippen LogP contribution < -0.4 is 10.2 Å². The molecule has 0 aliphatic carbocycles. The Hall–Kier alpha value is -3.93. The third kappa shape index (κ3) is 3.35. The molecule has 0 saturated heterocycles. The van der Waals surface area contributed by atoms with Crippen LogP contribution in [0.15, 0.2) is 88.1 Å². The molecule has 0 aliphatic rings. The van der Waals surface area contributed by atoms with Gasteiger partial charge in [-0.25, -0.2) is 0 Å². The molecule has 4 rings (SSSR count). The molecule has 0 N–H and O–H groups in total. The minimum Gasteiger partial charge on any atom is -0.481 e. The third-order valence-corrected chi connectivity index (χ3v) is 4.32. The Morgan fingerprint density at radius 3 is 2.29 bits per heavy atom. The van der Waals surface area contributed by atoms with Crippen molar-refractivity contribution in [1.29, 1.82) is 0 Å². The van der Waals surface area contributed by atoms with E-state index in [1.54, 1.807) is 36.4 Å². The normalized spacial score (nSPS) is 10.7. The van der Waals surface area contributed by atoms with Crippen LogP contribution in [-0.2, 0) is 6.61 Å². The van der Waals surface area contributed by atoms with Gasteiger partial charge in [-0.3, -0.25) is 14.9 Å². The average molecular weight is 373 g/mol. The molecule has 6 heteroatoms. The maximum absolute atomic E-state index is 13.0. The van der Waals surface area contributed by atoms with Gasteiger partial charge < -0.3 is 9.15 Å². The number of ether oxygens (including phenoxy) is 1. The Labute approximate surface area is 159 Å². The van der Waals surface area contributed by atoms with Crippen molar-refractivity contribution in [3.8, 4) is 17.1 Å². The van der Waals surface area contributed by atoms with E-state index in [1.807, 2.05) is 30.3 Å². The lowest BCUT2D eigenvalue weighted by molar-refractivity contribution is -0.384. The number of fused-ring (bicyclic) bond motifs is 1. The molecule has 0 fully saturated rings. The van der Waals surface area contributed by atoms with E-state index >= 15 is 0 Å². The van der Waals surface area contributed by atoms with E-state index in [1.165, 1.54) is 12.1 Å². The maximum atomic E-state index is 13.0. The highest BCUT2D eigenvalue weighted by molar-refractivity contribution is 5.81. The molecule has 1 aromatic heterocycles. The minimum absolute atomic E-state index is 0.000978. The van der Waals surface area contributed by atoms with Gasteiger partial charge in [-0.05, 0) is 29.8 Å². The highest BCUT2D eigenvalue weighted by Crippen LogP contribution is 2.31. The van der Waals surface area contributed by atoms with Crippen molar-refractivity contribution < 1.29 is 14.1 Å². The number of hydrogen-bond donors (Lipinski definition) is 0. The van der Waals surface area contributed by atoms with Crippen LogP contribution in [0.4, 0.5) is 5.69 Å². The van der Waals surface area contributed by atoms with Crippen LogP contribution in [0.25, 0.3) is 22.3 Å². The molecule has 0 saturated carbocycles. The zero-order valence-electron chi connectivity index (χ0n) is 14.7. The van der Waals surface area contributed by atoms with Crippen LogP contribution in [0.3, 0.4) is 0 Å². The van der Waals surface area contributed by atoms with E-state index in [0.717, 1.165) is 5.56 Å². The highest BCUT2D eigenvalue weighted by Gasteiger charge is 2.17. The van der Waals surface area contributed by atoms with Gasteiger partial charge >= 0.3 is 0 Å². The fourth-order valence-corrected chi connectivity index (χ4v) is 2.90. The van der Waals surface area contributed by atoms with Crippen molar-refractivity contribution in [2.45, 2.75) is 6.61 Å². The summed E-state index contributed by atoms with van der Waals surface area (Å²) in [5.41, 5.74) is 1.65. The summed E-state index contributed by atoms with van der Waals surface area (Å²) in [7, 11) is 0. The number of para-hydroxylation sites is 1. The van der Waals surface area contributed by atoms with Crippen LogP contribution in [0, 0.1) is 10.1 Å². The van der Waals surface area contributed by atoms with Gasteiger partial charge in [0, 0.05) is 17.7 Å². The van der Waals surface area contributed by atoms with E-state index in [2.05, 4.69) is 0 Å². The Morgan fingerprint density at radius 1 is 0.893 bits per heavy atom. The predicted octanol–water partition coefficient (Wildman–Crippen LogP) is 4.95. The van der Waals surface area contributed by atoms with Crippen molar-refractivity contribution in [3.63, 3.8) is 0 Å². The molecule has 1 heterocycles. The first-order valence-electron chi connectivity index (χ1n) is 8.61. The predicted molar refractivity (Wildman–Crippen MR) is 105 cm³/mol. The van der Waals surface area contributed by atoms with Crippen molar-refractivity contribution in [2.75, 3.05) is 0 Å². The topological polar surface area (TPSA) is 82.6 Å². The molecule has 0 amide bonds. The van der Waals surface area contributed by atoms with Gasteiger partial charge in [0.1, 0.15) is 12.2 Å². The van der Waals surface area contributed by atoms with E-state index in [0.29, 0.717) is 22.3 Å². The first-order valence-corrected chi connectivity index (χ1v) is 8.61. The molecule has 0 bridgehead atoms. The smallest absolute Gasteiger partial charge is 0.269 e. The summed E-state index contributed by atoms with van der Waals surface area (Å²) in [6, 6.07) is 22.3.